The van der Waals surface area contributed by atoms with Crippen molar-refractivity contribution < 1.29 is 14.2 Å². The summed E-state index contributed by atoms with van der Waals surface area (Å²) in [6, 6.07) is 4.34. The van der Waals surface area contributed by atoms with Gasteiger partial charge in [-0.2, -0.15) is 0 Å². The van der Waals surface area contributed by atoms with E-state index in [-0.39, 0.29) is 6.04 Å². The zero-order valence-corrected chi connectivity index (χ0v) is 12.6. The van der Waals surface area contributed by atoms with Crippen LogP contribution in [0.3, 0.4) is 0 Å². The van der Waals surface area contributed by atoms with Crippen molar-refractivity contribution in [2.75, 3.05) is 41.1 Å². The molecule has 1 aromatic rings. The van der Waals surface area contributed by atoms with Crippen LogP contribution in [0.15, 0.2) is 12.1 Å². The smallest absolute Gasteiger partial charge is 0.124 e. The number of aryl methyl sites for hydroxylation is 2. The van der Waals surface area contributed by atoms with E-state index in [2.05, 4.69) is 31.3 Å². The summed E-state index contributed by atoms with van der Waals surface area (Å²) in [6.07, 6.45) is 0. The van der Waals surface area contributed by atoms with Crippen LogP contribution in [0.2, 0.25) is 0 Å². The highest BCUT2D eigenvalue weighted by molar-refractivity contribution is 5.45. The lowest BCUT2D eigenvalue weighted by Gasteiger charge is -2.22. The highest BCUT2D eigenvalue weighted by atomic mass is 16.5. The lowest BCUT2D eigenvalue weighted by molar-refractivity contribution is 0.0592. The zero-order chi connectivity index (χ0) is 14.3. The van der Waals surface area contributed by atoms with Gasteiger partial charge in [0.15, 0.2) is 0 Å². The molecule has 1 unspecified atom stereocenters. The Kier molecular flexibility index (Phi) is 6.84. The molecule has 0 heterocycles. The minimum absolute atomic E-state index is 0.118. The van der Waals surface area contributed by atoms with Crippen LogP contribution in [-0.2, 0) is 9.47 Å². The van der Waals surface area contributed by atoms with Gasteiger partial charge in [0.2, 0.25) is 0 Å². The summed E-state index contributed by atoms with van der Waals surface area (Å²) in [6.45, 7) is 5.98. The van der Waals surface area contributed by atoms with Crippen molar-refractivity contribution in [3.8, 4) is 5.75 Å². The van der Waals surface area contributed by atoms with E-state index in [0.717, 1.165) is 11.3 Å². The summed E-state index contributed by atoms with van der Waals surface area (Å²) in [4.78, 5) is 0. The van der Waals surface area contributed by atoms with Crippen molar-refractivity contribution in [1.29, 1.82) is 0 Å². The van der Waals surface area contributed by atoms with Crippen molar-refractivity contribution >= 4 is 0 Å². The van der Waals surface area contributed by atoms with Crippen LogP contribution < -0.4 is 10.1 Å². The molecule has 1 atom stereocenters. The Hall–Kier alpha value is -1.10. The number of methoxy groups -OCH3 is 2. The first-order valence-corrected chi connectivity index (χ1v) is 6.53. The predicted molar refractivity (Wildman–Crippen MR) is 77.0 cm³/mol. The van der Waals surface area contributed by atoms with Crippen LogP contribution in [0.1, 0.15) is 22.7 Å². The molecular formula is C15H25NO3. The molecule has 1 N–H and O–H groups in total. The highest BCUT2D eigenvalue weighted by Crippen LogP contribution is 2.30. The van der Waals surface area contributed by atoms with Crippen LogP contribution in [0.25, 0.3) is 0 Å². The number of benzene rings is 1. The van der Waals surface area contributed by atoms with Crippen LogP contribution >= 0.6 is 0 Å². The molecule has 108 valence electrons. The summed E-state index contributed by atoms with van der Waals surface area (Å²) >= 11 is 0. The predicted octanol–water partition coefficient (Wildman–Crippen LogP) is 2.24. The Morgan fingerprint density at radius 1 is 1.16 bits per heavy atom. The van der Waals surface area contributed by atoms with Crippen molar-refractivity contribution in [3.63, 3.8) is 0 Å². The van der Waals surface area contributed by atoms with Gasteiger partial charge in [0, 0.05) is 12.7 Å². The molecule has 0 saturated carbocycles. The lowest BCUT2D eigenvalue weighted by atomic mass is 9.98. The minimum Gasteiger partial charge on any atom is -0.496 e. The normalized spacial score (nSPS) is 12.5. The second kappa shape index (κ2) is 8.15. The quantitative estimate of drug-likeness (QED) is 0.733. The first kappa shape index (κ1) is 16.0. The monoisotopic (exact) mass is 267 g/mol. The minimum atomic E-state index is 0.118. The molecule has 0 amide bonds. The third-order valence-corrected chi connectivity index (χ3v) is 3.13. The average molecular weight is 267 g/mol. The molecule has 19 heavy (non-hydrogen) atoms. The average Bonchev–Trinajstić information content (AvgIpc) is 2.39. The van der Waals surface area contributed by atoms with Crippen molar-refractivity contribution in [1.82, 2.24) is 5.32 Å². The van der Waals surface area contributed by atoms with Gasteiger partial charge in [-0.25, -0.2) is 0 Å². The number of likely N-dealkylation sites (N-methyl/N-ethyl adjacent to an activating group) is 1. The van der Waals surface area contributed by atoms with Crippen LogP contribution in [0, 0.1) is 13.8 Å². The first-order chi connectivity index (χ1) is 9.13. The van der Waals surface area contributed by atoms with Gasteiger partial charge in [-0.3, -0.25) is 0 Å². The van der Waals surface area contributed by atoms with Gasteiger partial charge < -0.3 is 19.5 Å². The number of hydrogen-bond donors (Lipinski definition) is 1. The molecule has 0 aliphatic heterocycles. The molecule has 0 radical (unpaired) electrons. The Balaban J connectivity index is 2.85. The fourth-order valence-corrected chi connectivity index (χ4v) is 2.21. The fourth-order valence-electron chi connectivity index (χ4n) is 2.21. The maximum Gasteiger partial charge on any atom is 0.124 e. The number of hydrogen-bond acceptors (Lipinski definition) is 4. The van der Waals surface area contributed by atoms with Crippen LogP contribution in [-0.4, -0.2) is 41.1 Å². The second-order valence-corrected chi connectivity index (χ2v) is 4.61. The van der Waals surface area contributed by atoms with Crippen molar-refractivity contribution in [2.45, 2.75) is 19.9 Å². The number of nitrogens with one attached hydrogen (secondary N) is 1. The lowest BCUT2D eigenvalue weighted by Crippen LogP contribution is -2.24. The van der Waals surface area contributed by atoms with E-state index in [1.54, 1.807) is 14.2 Å². The van der Waals surface area contributed by atoms with Gasteiger partial charge in [0.05, 0.1) is 33.0 Å². The Bertz CT molecular complexity index is 393. The molecule has 0 aliphatic rings. The molecular weight excluding hydrogens is 242 g/mol. The van der Waals surface area contributed by atoms with Crippen molar-refractivity contribution in [2.24, 2.45) is 0 Å². The number of rotatable bonds is 8. The number of ether oxygens (including phenoxy) is 3. The summed E-state index contributed by atoms with van der Waals surface area (Å²) in [5.74, 6) is 0.909. The molecule has 1 aromatic carbocycles. The van der Waals surface area contributed by atoms with Gasteiger partial charge in [-0.15, -0.1) is 0 Å². The molecule has 0 spiro atoms. The third-order valence-electron chi connectivity index (χ3n) is 3.13. The van der Waals surface area contributed by atoms with Gasteiger partial charge >= 0.3 is 0 Å². The van der Waals surface area contributed by atoms with E-state index in [1.807, 2.05) is 7.05 Å². The molecule has 4 heteroatoms. The molecule has 0 aromatic heterocycles. The van der Waals surface area contributed by atoms with Crippen molar-refractivity contribution in [3.05, 3.63) is 28.8 Å². The van der Waals surface area contributed by atoms with E-state index in [1.165, 1.54) is 11.1 Å². The molecule has 1 rings (SSSR count). The third kappa shape index (κ3) is 4.49. The molecule has 0 fully saturated rings. The topological polar surface area (TPSA) is 39.7 Å². The van der Waals surface area contributed by atoms with E-state index in [4.69, 9.17) is 14.2 Å². The van der Waals surface area contributed by atoms with Gasteiger partial charge in [0.1, 0.15) is 5.75 Å². The second-order valence-electron chi connectivity index (χ2n) is 4.61. The maximum atomic E-state index is 5.62. The fraction of sp³-hybridized carbons (Fsp3) is 0.600. The van der Waals surface area contributed by atoms with E-state index in [0.29, 0.717) is 19.8 Å². The summed E-state index contributed by atoms with van der Waals surface area (Å²) < 4.78 is 16.1. The summed E-state index contributed by atoms with van der Waals surface area (Å²) in [5.41, 5.74) is 3.58. The van der Waals surface area contributed by atoms with Gasteiger partial charge in [0.25, 0.3) is 0 Å². The molecule has 0 saturated heterocycles. The van der Waals surface area contributed by atoms with Crippen LogP contribution in [0.5, 0.6) is 5.75 Å². The summed E-state index contributed by atoms with van der Waals surface area (Å²) in [5, 5.41) is 3.28. The molecule has 0 bridgehead atoms. The standard InChI is InChI=1S/C15H25NO3/c1-11-8-12(2)15(14(9-11)18-5)13(16-3)10-19-7-6-17-4/h8-9,13,16H,6-7,10H2,1-5H3. The Labute approximate surface area is 116 Å². The first-order valence-electron chi connectivity index (χ1n) is 6.53. The largest absolute Gasteiger partial charge is 0.496 e. The Morgan fingerprint density at radius 2 is 1.89 bits per heavy atom. The molecule has 0 aliphatic carbocycles. The molecule has 4 nitrogen and oxygen atoms in total. The highest BCUT2D eigenvalue weighted by Gasteiger charge is 2.17. The van der Waals surface area contributed by atoms with E-state index in [9.17, 15) is 0 Å². The zero-order valence-electron chi connectivity index (χ0n) is 12.6. The maximum absolute atomic E-state index is 5.62. The van der Waals surface area contributed by atoms with Crippen LogP contribution in [0.4, 0.5) is 0 Å². The SMILES string of the molecule is CNC(COCCOC)c1c(C)cc(C)cc1OC. The van der Waals surface area contributed by atoms with Gasteiger partial charge in [-0.05, 0) is 38.1 Å². The van der Waals surface area contributed by atoms with Gasteiger partial charge in [-0.1, -0.05) is 6.07 Å². The summed E-state index contributed by atoms with van der Waals surface area (Å²) in [7, 11) is 5.31. The van der Waals surface area contributed by atoms with E-state index < -0.39 is 0 Å². The Morgan fingerprint density at radius 3 is 2.47 bits per heavy atom. The van der Waals surface area contributed by atoms with E-state index >= 15 is 0 Å².